The van der Waals surface area contributed by atoms with Crippen LogP contribution in [0, 0.1) is 11.8 Å². The average molecular weight is 531 g/mol. The number of alkyl carbamates (subject to hydrolysis) is 1. The molecule has 2 amide bonds. The molecule has 0 aliphatic carbocycles. The van der Waals surface area contributed by atoms with Crippen molar-refractivity contribution < 1.29 is 23.9 Å². The summed E-state index contributed by atoms with van der Waals surface area (Å²) in [5.41, 5.74) is 2.03. The van der Waals surface area contributed by atoms with Gasteiger partial charge in [0.05, 0.1) is 18.3 Å². The molecule has 0 bridgehead atoms. The molecule has 0 radical (unpaired) electrons. The Balaban J connectivity index is 1.69. The maximum Gasteiger partial charge on any atom is 0.408 e. The SMILES string of the molecule is COC(=O)C(NC(=O)c1ccc(C#Cc2ccc(-c3ccnn3C)cc2)cc1)C(C)(C)NC(=O)OC(C)(C)C. The number of nitrogens with one attached hydrogen (secondary N) is 2. The summed E-state index contributed by atoms with van der Waals surface area (Å²) in [4.78, 5) is 37.8. The van der Waals surface area contributed by atoms with Crippen molar-refractivity contribution in [3.8, 4) is 23.1 Å². The molecule has 204 valence electrons. The first-order valence-corrected chi connectivity index (χ1v) is 12.4. The summed E-state index contributed by atoms with van der Waals surface area (Å²) in [7, 11) is 3.11. The molecule has 1 heterocycles. The minimum atomic E-state index is -1.21. The first-order chi connectivity index (χ1) is 18.3. The van der Waals surface area contributed by atoms with Crippen LogP contribution in [0.2, 0.25) is 0 Å². The van der Waals surface area contributed by atoms with Crippen LogP contribution in [-0.4, -0.2) is 52.0 Å². The maximum atomic E-state index is 13.0. The van der Waals surface area contributed by atoms with Crippen LogP contribution in [0.15, 0.2) is 60.8 Å². The molecule has 2 N–H and O–H groups in total. The third-order valence-corrected chi connectivity index (χ3v) is 5.76. The molecule has 9 heteroatoms. The van der Waals surface area contributed by atoms with Crippen LogP contribution in [0.5, 0.6) is 0 Å². The first-order valence-electron chi connectivity index (χ1n) is 12.4. The van der Waals surface area contributed by atoms with E-state index in [4.69, 9.17) is 9.47 Å². The van der Waals surface area contributed by atoms with Crippen molar-refractivity contribution in [1.29, 1.82) is 0 Å². The Morgan fingerprint density at radius 3 is 1.95 bits per heavy atom. The Kier molecular flexibility index (Phi) is 8.81. The number of aryl methyl sites for hydroxylation is 1. The van der Waals surface area contributed by atoms with Gasteiger partial charge in [0, 0.05) is 29.9 Å². The molecular formula is C30H34N4O5. The van der Waals surface area contributed by atoms with Gasteiger partial charge < -0.3 is 20.1 Å². The lowest BCUT2D eigenvalue weighted by molar-refractivity contribution is -0.144. The summed E-state index contributed by atoms with van der Waals surface area (Å²) in [6.07, 6.45) is 1.04. The number of aromatic nitrogens is 2. The topological polar surface area (TPSA) is 112 Å². The predicted octanol–water partition coefficient (Wildman–Crippen LogP) is 4.06. The van der Waals surface area contributed by atoms with Crippen molar-refractivity contribution in [2.75, 3.05) is 7.11 Å². The van der Waals surface area contributed by atoms with Crippen molar-refractivity contribution in [2.45, 2.75) is 51.8 Å². The first kappa shape index (κ1) is 29.0. The van der Waals surface area contributed by atoms with E-state index in [-0.39, 0.29) is 0 Å². The van der Waals surface area contributed by atoms with Gasteiger partial charge in [-0.05, 0) is 82.6 Å². The molecule has 0 fully saturated rings. The zero-order valence-corrected chi connectivity index (χ0v) is 23.3. The summed E-state index contributed by atoms with van der Waals surface area (Å²) in [6.45, 7) is 8.38. The smallest absolute Gasteiger partial charge is 0.408 e. The molecule has 0 aliphatic rings. The van der Waals surface area contributed by atoms with Crippen LogP contribution in [-0.2, 0) is 21.3 Å². The average Bonchev–Trinajstić information content (AvgIpc) is 3.30. The third kappa shape index (κ3) is 7.95. The maximum absolute atomic E-state index is 13.0. The highest BCUT2D eigenvalue weighted by molar-refractivity contribution is 5.97. The van der Waals surface area contributed by atoms with Gasteiger partial charge in [-0.1, -0.05) is 24.0 Å². The standard InChI is InChI=1S/C30H34N4O5/c1-29(2,3)39-28(37)33-30(4,5)25(27(36)38-7)32-26(35)23-16-12-21(13-17-23)9-8-20-10-14-22(15-11-20)24-18-19-31-34(24)6/h10-19,25H,1-7H3,(H,32,35)(H,33,37). The Hall–Kier alpha value is -4.58. The normalized spacial score (nSPS) is 12.0. The fraction of sp³-hybridized carbons (Fsp3) is 0.333. The van der Waals surface area contributed by atoms with Crippen molar-refractivity contribution in [3.63, 3.8) is 0 Å². The van der Waals surface area contributed by atoms with Gasteiger partial charge in [-0.2, -0.15) is 5.10 Å². The lowest BCUT2D eigenvalue weighted by atomic mass is 9.94. The van der Waals surface area contributed by atoms with E-state index in [0.29, 0.717) is 5.56 Å². The zero-order chi connectivity index (χ0) is 28.8. The number of esters is 1. The summed E-state index contributed by atoms with van der Waals surface area (Å²) in [5, 5.41) is 9.50. The van der Waals surface area contributed by atoms with Crippen LogP contribution in [0.25, 0.3) is 11.3 Å². The number of nitrogens with zero attached hydrogens (tertiary/aromatic N) is 2. The number of amides is 2. The van der Waals surface area contributed by atoms with Gasteiger partial charge in [0.25, 0.3) is 5.91 Å². The molecule has 0 saturated carbocycles. The van der Waals surface area contributed by atoms with Gasteiger partial charge in [-0.3, -0.25) is 9.48 Å². The van der Waals surface area contributed by atoms with Crippen molar-refractivity contribution in [2.24, 2.45) is 7.05 Å². The molecule has 0 spiro atoms. The van der Waals surface area contributed by atoms with Gasteiger partial charge >= 0.3 is 12.1 Å². The van der Waals surface area contributed by atoms with Gasteiger partial charge in [0.15, 0.2) is 0 Å². The molecule has 9 nitrogen and oxygen atoms in total. The van der Waals surface area contributed by atoms with E-state index in [1.54, 1.807) is 65.1 Å². The van der Waals surface area contributed by atoms with Crippen molar-refractivity contribution in [3.05, 3.63) is 77.5 Å². The minimum Gasteiger partial charge on any atom is -0.467 e. The number of carbonyl (C=O) groups is 3. The van der Waals surface area contributed by atoms with Crippen LogP contribution in [0.3, 0.4) is 0 Å². The second-order valence-corrected chi connectivity index (χ2v) is 10.5. The highest BCUT2D eigenvalue weighted by Crippen LogP contribution is 2.19. The monoisotopic (exact) mass is 530 g/mol. The van der Waals surface area contributed by atoms with E-state index in [0.717, 1.165) is 22.4 Å². The molecule has 39 heavy (non-hydrogen) atoms. The number of methoxy groups -OCH3 is 1. The molecule has 1 aromatic heterocycles. The quantitative estimate of drug-likeness (QED) is 0.367. The summed E-state index contributed by atoms with van der Waals surface area (Å²) >= 11 is 0. The van der Waals surface area contributed by atoms with E-state index >= 15 is 0 Å². The Labute approximate surface area is 228 Å². The van der Waals surface area contributed by atoms with Gasteiger partial charge in [-0.15, -0.1) is 0 Å². The zero-order valence-electron chi connectivity index (χ0n) is 23.3. The number of hydrogen-bond acceptors (Lipinski definition) is 6. The number of carbonyl (C=O) groups excluding carboxylic acids is 3. The van der Waals surface area contributed by atoms with E-state index < -0.39 is 35.2 Å². The van der Waals surface area contributed by atoms with Gasteiger partial charge in [0.2, 0.25) is 0 Å². The molecule has 0 saturated heterocycles. The van der Waals surface area contributed by atoms with Crippen LogP contribution in [0.1, 0.15) is 56.1 Å². The second-order valence-electron chi connectivity index (χ2n) is 10.5. The molecule has 1 atom stereocenters. The number of benzene rings is 2. The fourth-order valence-electron chi connectivity index (χ4n) is 3.74. The molecule has 3 rings (SSSR count). The lowest BCUT2D eigenvalue weighted by Crippen LogP contribution is -2.62. The summed E-state index contributed by atoms with van der Waals surface area (Å²) < 4.78 is 12.0. The van der Waals surface area contributed by atoms with Crippen LogP contribution < -0.4 is 10.6 Å². The highest BCUT2D eigenvalue weighted by atomic mass is 16.6. The number of rotatable bonds is 6. The molecule has 1 unspecified atom stereocenters. The minimum absolute atomic E-state index is 0.322. The van der Waals surface area contributed by atoms with Gasteiger partial charge in [0.1, 0.15) is 11.6 Å². The van der Waals surface area contributed by atoms with Crippen LogP contribution in [0.4, 0.5) is 4.79 Å². The van der Waals surface area contributed by atoms with Crippen molar-refractivity contribution >= 4 is 18.0 Å². The Morgan fingerprint density at radius 2 is 1.46 bits per heavy atom. The van der Waals surface area contributed by atoms with Crippen molar-refractivity contribution in [1.82, 2.24) is 20.4 Å². The molecule has 0 aliphatic heterocycles. The number of ether oxygens (including phenoxy) is 2. The second kappa shape index (κ2) is 11.9. The third-order valence-electron chi connectivity index (χ3n) is 5.76. The molecular weight excluding hydrogens is 496 g/mol. The highest BCUT2D eigenvalue weighted by Gasteiger charge is 2.39. The molecule has 2 aromatic carbocycles. The van der Waals surface area contributed by atoms with E-state index in [9.17, 15) is 14.4 Å². The number of hydrogen-bond donors (Lipinski definition) is 2. The summed E-state index contributed by atoms with van der Waals surface area (Å²) in [6, 6.07) is 15.3. The molecule has 3 aromatic rings. The lowest BCUT2D eigenvalue weighted by Gasteiger charge is -2.34. The Morgan fingerprint density at radius 1 is 0.897 bits per heavy atom. The van der Waals surface area contributed by atoms with Gasteiger partial charge in [-0.25, -0.2) is 9.59 Å². The largest absolute Gasteiger partial charge is 0.467 e. The fourth-order valence-corrected chi connectivity index (χ4v) is 3.74. The Bertz CT molecular complexity index is 1390. The predicted molar refractivity (Wildman–Crippen MR) is 148 cm³/mol. The van der Waals surface area contributed by atoms with Crippen LogP contribution >= 0.6 is 0 Å². The summed E-state index contributed by atoms with van der Waals surface area (Å²) in [5.74, 6) is 5.00. The van der Waals surface area contributed by atoms with E-state index in [1.807, 2.05) is 42.1 Å². The van der Waals surface area contributed by atoms with E-state index in [1.165, 1.54) is 7.11 Å². The van der Waals surface area contributed by atoms with E-state index in [2.05, 4.69) is 27.6 Å².